The molecule has 0 unspecified atom stereocenters. The molecule has 2 heteroatoms. The van der Waals surface area contributed by atoms with E-state index in [0.717, 1.165) is 44.4 Å². The summed E-state index contributed by atoms with van der Waals surface area (Å²) in [5.41, 5.74) is 4.38. The van der Waals surface area contributed by atoms with Crippen LogP contribution in [0.2, 0.25) is 0 Å². The molecule has 0 radical (unpaired) electrons. The zero-order chi connectivity index (χ0) is 19.3. The van der Waals surface area contributed by atoms with E-state index in [1.165, 1.54) is 0 Å². The molecule has 1 aliphatic rings. The average molecular weight is 374 g/mol. The van der Waals surface area contributed by atoms with E-state index < -0.39 is 5.60 Å². The van der Waals surface area contributed by atoms with Crippen molar-refractivity contribution in [3.63, 3.8) is 0 Å². The number of hydrogen-bond donors (Lipinski definition) is 0. The first-order chi connectivity index (χ1) is 14.4. The van der Waals surface area contributed by atoms with Crippen molar-refractivity contribution in [2.24, 2.45) is 0 Å². The Morgan fingerprint density at radius 2 is 1.24 bits per heavy atom. The maximum atomic E-state index is 6.79. The predicted octanol–water partition coefficient (Wildman–Crippen LogP) is 6.94. The molecule has 29 heavy (non-hydrogen) atoms. The van der Waals surface area contributed by atoms with Crippen LogP contribution in [0, 0.1) is 0 Å². The summed E-state index contributed by atoms with van der Waals surface area (Å²) in [6.07, 6.45) is 4.35. The van der Waals surface area contributed by atoms with Crippen molar-refractivity contribution < 1.29 is 9.15 Å². The highest BCUT2D eigenvalue weighted by molar-refractivity contribution is 6.10. The minimum Gasteiger partial charge on any atom is -0.473 e. The molecule has 0 N–H and O–H groups in total. The van der Waals surface area contributed by atoms with Gasteiger partial charge in [0.2, 0.25) is 0 Å². The van der Waals surface area contributed by atoms with E-state index in [9.17, 15) is 0 Å². The van der Waals surface area contributed by atoms with E-state index in [-0.39, 0.29) is 0 Å². The molecular formula is C27H18O2. The van der Waals surface area contributed by atoms with Gasteiger partial charge in [-0.3, -0.25) is 0 Å². The molecule has 0 saturated carbocycles. The second-order valence-electron chi connectivity index (χ2n) is 7.35. The molecule has 4 aromatic carbocycles. The van der Waals surface area contributed by atoms with Gasteiger partial charge in [0.15, 0.2) is 5.60 Å². The summed E-state index contributed by atoms with van der Waals surface area (Å²) in [4.78, 5) is 0. The first-order valence-corrected chi connectivity index (χ1v) is 9.79. The SMILES string of the molecule is C1=CC(c2ccccc2)(c2ccccc2)Oc2ccc3oc4ccccc4c3c21. The van der Waals surface area contributed by atoms with Gasteiger partial charge >= 0.3 is 0 Å². The zero-order valence-electron chi connectivity index (χ0n) is 15.7. The molecule has 6 rings (SSSR count). The molecule has 0 fully saturated rings. The Morgan fingerprint density at radius 1 is 0.586 bits per heavy atom. The van der Waals surface area contributed by atoms with Crippen molar-refractivity contribution in [3.8, 4) is 5.75 Å². The van der Waals surface area contributed by atoms with Crippen molar-refractivity contribution in [3.05, 3.63) is 120 Å². The van der Waals surface area contributed by atoms with E-state index in [2.05, 4.69) is 66.7 Å². The Hall–Kier alpha value is -3.78. The van der Waals surface area contributed by atoms with Gasteiger partial charge in [-0.15, -0.1) is 0 Å². The van der Waals surface area contributed by atoms with Crippen molar-refractivity contribution in [2.45, 2.75) is 5.60 Å². The van der Waals surface area contributed by atoms with Gasteiger partial charge < -0.3 is 9.15 Å². The van der Waals surface area contributed by atoms with Gasteiger partial charge in [-0.1, -0.05) is 78.9 Å². The fourth-order valence-corrected chi connectivity index (χ4v) is 4.34. The summed E-state index contributed by atoms with van der Waals surface area (Å²) >= 11 is 0. The highest BCUT2D eigenvalue weighted by Crippen LogP contribution is 2.45. The number of ether oxygens (including phenoxy) is 1. The molecule has 2 nitrogen and oxygen atoms in total. The predicted molar refractivity (Wildman–Crippen MR) is 117 cm³/mol. The fraction of sp³-hybridized carbons (Fsp3) is 0.0370. The number of furan rings is 1. The van der Waals surface area contributed by atoms with Gasteiger partial charge in [-0.2, -0.15) is 0 Å². The van der Waals surface area contributed by atoms with E-state index in [1.54, 1.807) is 0 Å². The molecule has 0 spiro atoms. The molecule has 0 amide bonds. The first-order valence-electron chi connectivity index (χ1n) is 9.79. The Bertz CT molecular complexity index is 1320. The lowest BCUT2D eigenvalue weighted by atomic mass is 9.83. The van der Waals surface area contributed by atoms with Gasteiger partial charge in [0, 0.05) is 27.5 Å². The Kier molecular flexibility index (Phi) is 3.41. The van der Waals surface area contributed by atoms with Crippen LogP contribution in [0.5, 0.6) is 5.75 Å². The molecule has 0 bridgehead atoms. The Balaban J connectivity index is 1.62. The van der Waals surface area contributed by atoms with Crippen LogP contribution in [0.25, 0.3) is 28.0 Å². The second kappa shape index (κ2) is 6.11. The van der Waals surface area contributed by atoms with Crippen molar-refractivity contribution >= 4 is 28.0 Å². The standard InChI is InChI=1S/C27H18O2/c1-3-9-19(10-4-1)27(20-11-5-2-6-12-20)18-17-22-24(29-27)15-16-25-26(22)21-13-7-8-14-23(21)28-25/h1-18H. The maximum absolute atomic E-state index is 6.79. The third kappa shape index (κ3) is 2.36. The molecular weight excluding hydrogens is 356 g/mol. The molecule has 138 valence electrons. The summed E-state index contributed by atoms with van der Waals surface area (Å²) in [5.74, 6) is 0.860. The van der Waals surface area contributed by atoms with Crippen LogP contribution in [0.15, 0.2) is 108 Å². The molecule has 1 aliphatic heterocycles. The zero-order valence-corrected chi connectivity index (χ0v) is 15.7. The van der Waals surface area contributed by atoms with Crippen LogP contribution in [0.3, 0.4) is 0 Å². The smallest absolute Gasteiger partial charge is 0.178 e. The topological polar surface area (TPSA) is 22.4 Å². The Morgan fingerprint density at radius 3 is 1.97 bits per heavy atom. The quantitative estimate of drug-likeness (QED) is 0.334. The molecule has 0 aliphatic carbocycles. The van der Waals surface area contributed by atoms with Crippen molar-refractivity contribution in [1.82, 2.24) is 0 Å². The van der Waals surface area contributed by atoms with Crippen LogP contribution >= 0.6 is 0 Å². The third-order valence-corrected chi connectivity index (χ3v) is 5.70. The number of hydrogen-bond acceptors (Lipinski definition) is 2. The van der Waals surface area contributed by atoms with Gasteiger partial charge in [-0.25, -0.2) is 0 Å². The highest BCUT2D eigenvalue weighted by atomic mass is 16.5. The Labute approximate surface area is 168 Å². The minimum atomic E-state index is -0.664. The summed E-state index contributed by atoms with van der Waals surface area (Å²) in [6.45, 7) is 0. The molecule has 0 saturated heterocycles. The lowest BCUT2D eigenvalue weighted by molar-refractivity contribution is 0.161. The molecule has 1 aromatic heterocycles. The maximum Gasteiger partial charge on any atom is 0.178 e. The lowest BCUT2D eigenvalue weighted by Gasteiger charge is -2.36. The number of para-hydroxylation sites is 1. The summed E-state index contributed by atoms with van der Waals surface area (Å²) in [5, 5.41) is 2.21. The van der Waals surface area contributed by atoms with E-state index >= 15 is 0 Å². The van der Waals surface area contributed by atoms with Crippen LogP contribution in [-0.4, -0.2) is 0 Å². The fourth-order valence-electron chi connectivity index (χ4n) is 4.34. The van der Waals surface area contributed by atoms with Gasteiger partial charge in [0.05, 0.1) is 0 Å². The van der Waals surface area contributed by atoms with Gasteiger partial charge in [0.25, 0.3) is 0 Å². The van der Waals surface area contributed by atoms with Crippen LogP contribution < -0.4 is 4.74 Å². The first kappa shape index (κ1) is 16.2. The monoisotopic (exact) mass is 374 g/mol. The third-order valence-electron chi connectivity index (χ3n) is 5.70. The largest absolute Gasteiger partial charge is 0.473 e. The van der Waals surface area contributed by atoms with E-state index in [0.29, 0.717) is 0 Å². The van der Waals surface area contributed by atoms with Crippen molar-refractivity contribution in [2.75, 3.05) is 0 Å². The number of benzene rings is 4. The van der Waals surface area contributed by atoms with Crippen LogP contribution in [-0.2, 0) is 5.60 Å². The molecule has 2 heterocycles. The minimum absolute atomic E-state index is 0.664. The second-order valence-corrected chi connectivity index (χ2v) is 7.35. The summed E-state index contributed by atoms with van der Waals surface area (Å²) in [7, 11) is 0. The number of fused-ring (bicyclic) bond motifs is 5. The van der Waals surface area contributed by atoms with Crippen LogP contribution in [0.4, 0.5) is 0 Å². The molecule has 5 aromatic rings. The lowest BCUT2D eigenvalue weighted by Crippen LogP contribution is -2.34. The average Bonchev–Trinajstić information content (AvgIpc) is 3.19. The van der Waals surface area contributed by atoms with E-state index in [1.807, 2.05) is 42.5 Å². The highest BCUT2D eigenvalue weighted by Gasteiger charge is 2.37. The van der Waals surface area contributed by atoms with Crippen molar-refractivity contribution in [1.29, 1.82) is 0 Å². The summed E-state index contributed by atoms with van der Waals surface area (Å²) < 4.78 is 12.8. The number of rotatable bonds is 2. The summed E-state index contributed by atoms with van der Waals surface area (Å²) in [6, 6.07) is 32.9. The molecule has 0 atom stereocenters. The van der Waals surface area contributed by atoms with E-state index in [4.69, 9.17) is 9.15 Å². The van der Waals surface area contributed by atoms with Gasteiger partial charge in [-0.05, 0) is 30.4 Å². The van der Waals surface area contributed by atoms with Gasteiger partial charge in [0.1, 0.15) is 16.9 Å². The normalized spacial score (nSPS) is 14.6. The van der Waals surface area contributed by atoms with Crippen LogP contribution in [0.1, 0.15) is 16.7 Å².